The van der Waals surface area contributed by atoms with Gasteiger partial charge in [0.05, 0.1) is 7.11 Å². The SMILES string of the molecule is COC(=O)C(C)(C)C(=O)NCC(C)(C)C(C)(C)C. The number of hydrogen-bond donors (Lipinski definition) is 1. The third-order valence-corrected chi connectivity index (χ3v) is 3.98. The molecule has 0 saturated carbocycles. The van der Waals surface area contributed by atoms with E-state index in [9.17, 15) is 9.59 Å². The Morgan fingerprint density at radius 3 is 1.78 bits per heavy atom. The molecule has 0 bridgehead atoms. The molecule has 0 aromatic carbocycles. The van der Waals surface area contributed by atoms with Gasteiger partial charge in [-0.2, -0.15) is 0 Å². The van der Waals surface area contributed by atoms with E-state index < -0.39 is 11.4 Å². The summed E-state index contributed by atoms with van der Waals surface area (Å²) >= 11 is 0. The van der Waals surface area contributed by atoms with Crippen molar-refractivity contribution < 1.29 is 14.3 Å². The van der Waals surface area contributed by atoms with Crippen LogP contribution >= 0.6 is 0 Å². The zero-order valence-corrected chi connectivity index (χ0v) is 12.9. The van der Waals surface area contributed by atoms with Crippen molar-refractivity contribution in [1.29, 1.82) is 0 Å². The molecule has 1 N–H and O–H groups in total. The monoisotopic (exact) mass is 257 g/mol. The van der Waals surface area contributed by atoms with Crippen LogP contribution in [0.25, 0.3) is 0 Å². The van der Waals surface area contributed by atoms with Gasteiger partial charge in [0.15, 0.2) is 0 Å². The third kappa shape index (κ3) is 3.72. The maximum absolute atomic E-state index is 12.0. The van der Waals surface area contributed by atoms with Gasteiger partial charge in [-0.1, -0.05) is 34.6 Å². The molecule has 0 aliphatic rings. The molecule has 1 amide bonds. The first-order valence-electron chi connectivity index (χ1n) is 6.23. The molecule has 0 fully saturated rings. The Morgan fingerprint density at radius 1 is 1.00 bits per heavy atom. The molecule has 0 rings (SSSR count). The number of esters is 1. The lowest BCUT2D eigenvalue weighted by Crippen LogP contribution is -2.48. The summed E-state index contributed by atoms with van der Waals surface area (Å²) in [6, 6.07) is 0. The maximum Gasteiger partial charge on any atom is 0.320 e. The molecule has 0 saturated heterocycles. The van der Waals surface area contributed by atoms with Gasteiger partial charge in [-0.25, -0.2) is 0 Å². The fraction of sp³-hybridized carbons (Fsp3) is 0.857. The Bertz CT molecular complexity index is 324. The maximum atomic E-state index is 12.0. The van der Waals surface area contributed by atoms with E-state index in [1.807, 2.05) is 0 Å². The minimum absolute atomic E-state index is 0.0607. The second-order valence-electron chi connectivity index (χ2n) is 6.93. The molecule has 0 atom stereocenters. The fourth-order valence-electron chi connectivity index (χ4n) is 1.14. The molecule has 0 spiro atoms. The van der Waals surface area contributed by atoms with Crippen LogP contribution in [0.3, 0.4) is 0 Å². The van der Waals surface area contributed by atoms with Crippen molar-refractivity contribution in [3.05, 3.63) is 0 Å². The average Bonchev–Trinajstić information content (AvgIpc) is 2.22. The van der Waals surface area contributed by atoms with Gasteiger partial charge in [-0.15, -0.1) is 0 Å². The van der Waals surface area contributed by atoms with Gasteiger partial charge in [0.2, 0.25) is 5.91 Å². The van der Waals surface area contributed by atoms with E-state index in [1.54, 1.807) is 13.8 Å². The predicted molar refractivity (Wildman–Crippen MR) is 72.0 cm³/mol. The highest BCUT2D eigenvalue weighted by Crippen LogP contribution is 2.37. The van der Waals surface area contributed by atoms with Crippen molar-refractivity contribution in [2.75, 3.05) is 13.7 Å². The van der Waals surface area contributed by atoms with Crippen LogP contribution in [0.4, 0.5) is 0 Å². The average molecular weight is 257 g/mol. The summed E-state index contributed by atoms with van der Waals surface area (Å²) in [6.07, 6.45) is 0. The summed E-state index contributed by atoms with van der Waals surface area (Å²) in [5.41, 5.74) is -1.15. The Kier molecular flexibility index (Phi) is 4.98. The number of carbonyl (C=O) groups excluding carboxylic acids is 2. The quantitative estimate of drug-likeness (QED) is 0.621. The minimum Gasteiger partial charge on any atom is -0.468 e. The minimum atomic E-state index is -1.15. The van der Waals surface area contributed by atoms with Crippen LogP contribution in [0.1, 0.15) is 48.5 Å². The standard InChI is InChI=1S/C14H27NO3/c1-12(2,3)13(4,5)9-15-10(16)14(6,7)11(17)18-8/h9H2,1-8H3,(H,15,16). The zero-order chi connectivity index (χ0) is 14.8. The number of carbonyl (C=O) groups is 2. The second kappa shape index (κ2) is 5.29. The van der Waals surface area contributed by atoms with Crippen LogP contribution in [0.2, 0.25) is 0 Å². The van der Waals surface area contributed by atoms with Crippen molar-refractivity contribution >= 4 is 11.9 Å². The van der Waals surface area contributed by atoms with Crippen molar-refractivity contribution in [2.45, 2.75) is 48.5 Å². The molecule has 18 heavy (non-hydrogen) atoms. The lowest BCUT2D eigenvalue weighted by molar-refractivity contribution is -0.156. The highest BCUT2D eigenvalue weighted by atomic mass is 16.5. The van der Waals surface area contributed by atoms with Crippen molar-refractivity contribution in [3.63, 3.8) is 0 Å². The predicted octanol–water partition coefficient (Wildman–Crippen LogP) is 2.37. The number of rotatable bonds is 4. The van der Waals surface area contributed by atoms with E-state index in [0.717, 1.165) is 0 Å². The molecular formula is C14H27NO3. The van der Waals surface area contributed by atoms with Crippen molar-refractivity contribution in [3.8, 4) is 0 Å². The van der Waals surface area contributed by atoms with E-state index in [0.29, 0.717) is 6.54 Å². The molecule has 4 nitrogen and oxygen atoms in total. The zero-order valence-electron chi connectivity index (χ0n) is 12.9. The van der Waals surface area contributed by atoms with Gasteiger partial charge in [-0.05, 0) is 24.7 Å². The van der Waals surface area contributed by atoms with Gasteiger partial charge in [0.25, 0.3) is 0 Å². The van der Waals surface area contributed by atoms with Crippen LogP contribution < -0.4 is 5.32 Å². The molecular weight excluding hydrogens is 230 g/mol. The molecule has 4 heteroatoms. The van der Waals surface area contributed by atoms with E-state index in [2.05, 4.69) is 44.7 Å². The Hall–Kier alpha value is -1.06. The number of hydrogen-bond acceptors (Lipinski definition) is 3. The van der Waals surface area contributed by atoms with Gasteiger partial charge in [0.1, 0.15) is 5.41 Å². The molecule has 0 aliphatic heterocycles. The first-order valence-corrected chi connectivity index (χ1v) is 6.23. The molecule has 0 aromatic heterocycles. The number of nitrogens with one attached hydrogen (secondary N) is 1. The highest BCUT2D eigenvalue weighted by molar-refractivity contribution is 6.01. The topological polar surface area (TPSA) is 55.4 Å². The van der Waals surface area contributed by atoms with Crippen LogP contribution in [0, 0.1) is 16.2 Å². The molecule has 0 radical (unpaired) electrons. The number of amides is 1. The first-order chi connectivity index (χ1) is 7.86. The smallest absolute Gasteiger partial charge is 0.320 e. The van der Waals surface area contributed by atoms with Gasteiger partial charge in [-0.3, -0.25) is 9.59 Å². The lowest BCUT2D eigenvalue weighted by atomic mass is 9.69. The van der Waals surface area contributed by atoms with E-state index >= 15 is 0 Å². The molecule has 0 aromatic rings. The van der Waals surface area contributed by atoms with Crippen LogP contribution in [-0.4, -0.2) is 25.5 Å². The summed E-state index contributed by atoms with van der Waals surface area (Å²) in [6.45, 7) is 14.2. The summed E-state index contributed by atoms with van der Waals surface area (Å²) in [5, 5.41) is 2.85. The third-order valence-electron chi connectivity index (χ3n) is 3.98. The summed E-state index contributed by atoms with van der Waals surface area (Å²) < 4.78 is 4.64. The largest absolute Gasteiger partial charge is 0.468 e. The Balaban J connectivity index is 4.67. The van der Waals surface area contributed by atoms with Crippen LogP contribution in [0.5, 0.6) is 0 Å². The Labute approximate surface area is 110 Å². The molecule has 106 valence electrons. The summed E-state index contributed by atoms with van der Waals surface area (Å²) in [7, 11) is 1.29. The van der Waals surface area contributed by atoms with Gasteiger partial charge < -0.3 is 10.1 Å². The van der Waals surface area contributed by atoms with Gasteiger partial charge >= 0.3 is 5.97 Å². The van der Waals surface area contributed by atoms with E-state index in [-0.39, 0.29) is 16.7 Å². The summed E-state index contributed by atoms with van der Waals surface area (Å²) in [5.74, 6) is -0.819. The normalized spacial score (nSPS) is 13.1. The van der Waals surface area contributed by atoms with Crippen molar-refractivity contribution in [2.24, 2.45) is 16.2 Å². The van der Waals surface area contributed by atoms with Crippen LogP contribution in [0.15, 0.2) is 0 Å². The summed E-state index contributed by atoms with van der Waals surface area (Å²) in [4.78, 5) is 23.5. The number of ether oxygens (including phenoxy) is 1. The Morgan fingerprint density at radius 2 is 1.44 bits per heavy atom. The number of methoxy groups -OCH3 is 1. The van der Waals surface area contributed by atoms with Crippen LogP contribution in [-0.2, 0) is 14.3 Å². The highest BCUT2D eigenvalue weighted by Gasteiger charge is 2.39. The lowest BCUT2D eigenvalue weighted by Gasteiger charge is -2.39. The second-order valence-corrected chi connectivity index (χ2v) is 6.93. The van der Waals surface area contributed by atoms with Crippen molar-refractivity contribution in [1.82, 2.24) is 5.32 Å². The van der Waals surface area contributed by atoms with E-state index in [4.69, 9.17) is 0 Å². The fourth-order valence-corrected chi connectivity index (χ4v) is 1.14. The molecule has 0 aliphatic carbocycles. The first kappa shape index (κ1) is 16.9. The molecule has 0 unspecified atom stereocenters. The molecule has 0 heterocycles. The van der Waals surface area contributed by atoms with E-state index in [1.165, 1.54) is 7.11 Å². The van der Waals surface area contributed by atoms with Gasteiger partial charge in [0, 0.05) is 6.54 Å².